The first kappa shape index (κ1) is 11.2. The molecular formula is C15H18O. The van der Waals surface area contributed by atoms with Crippen molar-refractivity contribution in [1.29, 1.82) is 0 Å². The molecule has 0 aromatic heterocycles. The van der Waals surface area contributed by atoms with Gasteiger partial charge < -0.3 is 5.11 Å². The van der Waals surface area contributed by atoms with Crippen LogP contribution in [0.2, 0.25) is 0 Å². The molecule has 1 aliphatic carbocycles. The fraction of sp³-hybridized carbons (Fsp3) is 0.467. The highest BCUT2D eigenvalue weighted by atomic mass is 16.3. The van der Waals surface area contributed by atoms with E-state index < -0.39 is 5.60 Å². The van der Waals surface area contributed by atoms with Crippen LogP contribution >= 0.6 is 0 Å². The molecule has 1 aromatic rings. The molecule has 84 valence electrons. The highest BCUT2D eigenvalue weighted by molar-refractivity contribution is 5.37. The second-order valence-electron chi connectivity index (χ2n) is 5.21. The largest absolute Gasteiger partial charge is 0.377 e. The summed E-state index contributed by atoms with van der Waals surface area (Å²) < 4.78 is 0. The van der Waals surface area contributed by atoms with E-state index in [0.717, 1.165) is 24.8 Å². The molecule has 1 atom stereocenters. The number of hydrogen-bond acceptors (Lipinski definition) is 1. The SMILES string of the molecule is CC1(C)CCC[C@@]1(O)C#Cc1ccccc1. The number of hydrogen-bond donors (Lipinski definition) is 1. The van der Waals surface area contributed by atoms with Crippen LogP contribution in [0, 0.1) is 17.3 Å². The Hall–Kier alpha value is -1.26. The summed E-state index contributed by atoms with van der Waals surface area (Å²) in [5.41, 5.74) is 0.0658. The summed E-state index contributed by atoms with van der Waals surface area (Å²) in [6.07, 6.45) is 2.90. The minimum absolute atomic E-state index is 0.0885. The van der Waals surface area contributed by atoms with Crippen molar-refractivity contribution in [2.45, 2.75) is 38.7 Å². The second-order valence-corrected chi connectivity index (χ2v) is 5.21. The predicted molar refractivity (Wildman–Crippen MR) is 65.9 cm³/mol. The minimum Gasteiger partial charge on any atom is -0.377 e. The van der Waals surface area contributed by atoms with Crippen LogP contribution in [0.5, 0.6) is 0 Å². The molecule has 0 heterocycles. The number of benzene rings is 1. The van der Waals surface area contributed by atoms with E-state index in [0.29, 0.717) is 0 Å². The van der Waals surface area contributed by atoms with Gasteiger partial charge in [0.2, 0.25) is 0 Å². The van der Waals surface area contributed by atoms with E-state index in [1.165, 1.54) is 0 Å². The van der Waals surface area contributed by atoms with E-state index in [1.807, 2.05) is 30.3 Å². The minimum atomic E-state index is -0.817. The van der Waals surface area contributed by atoms with Crippen molar-refractivity contribution in [3.8, 4) is 11.8 Å². The molecule has 16 heavy (non-hydrogen) atoms. The molecule has 0 saturated heterocycles. The summed E-state index contributed by atoms with van der Waals surface area (Å²) in [5.74, 6) is 6.15. The van der Waals surface area contributed by atoms with E-state index in [4.69, 9.17) is 0 Å². The van der Waals surface area contributed by atoms with Crippen molar-refractivity contribution in [3.05, 3.63) is 35.9 Å². The Morgan fingerprint density at radius 2 is 1.81 bits per heavy atom. The van der Waals surface area contributed by atoms with E-state index >= 15 is 0 Å². The highest BCUT2D eigenvalue weighted by Crippen LogP contribution is 2.45. The Kier molecular flexibility index (Phi) is 2.78. The average Bonchev–Trinajstić information content (AvgIpc) is 2.53. The quantitative estimate of drug-likeness (QED) is 0.658. The van der Waals surface area contributed by atoms with Crippen molar-refractivity contribution in [2.24, 2.45) is 5.41 Å². The van der Waals surface area contributed by atoms with Crippen molar-refractivity contribution in [2.75, 3.05) is 0 Å². The molecule has 0 aliphatic heterocycles. The highest BCUT2D eigenvalue weighted by Gasteiger charge is 2.46. The standard InChI is InChI=1S/C15H18O/c1-14(2)10-6-11-15(14,16)12-9-13-7-4-3-5-8-13/h3-5,7-8,16H,6,10-11H2,1-2H3/t15-/m1/s1. The van der Waals surface area contributed by atoms with Gasteiger partial charge in [-0.05, 0) is 31.4 Å². The van der Waals surface area contributed by atoms with E-state index in [1.54, 1.807) is 0 Å². The first-order valence-electron chi connectivity index (χ1n) is 5.84. The number of rotatable bonds is 0. The van der Waals surface area contributed by atoms with E-state index in [-0.39, 0.29) is 5.41 Å². The van der Waals surface area contributed by atoms with Crippen LogP contribution < -0.4 is 0 Å². The molecule has 0 spiro atoms. The van der Waals surface area contributed by atoms with Crippen LogP contribution in [0.4, 0.5) is 0 Å². The second kappa shape index (κ2) is 3.96. The van der Waals surface area contributed by atoms with Gasteiger partial charge >= 0.3 is 0 Å². The Morgan fingerprint density at radius 1 is 1.12 bits per heavy atom. The number of aliphatic hydroxyl groups is 1. The lowest BCUT2D eigenvalue weighted by Gasteiger charge is -2.31. The van der Waals surface area contributed by atoms with Gasteiger partial charge in [-0.1, -0.05) is 43.9 Å². The smallest absolute Gasteiger partial charge is 0.130 e. The van der Waals surface area contributed by atoms with Crippen LogP contribution in [0.1, 0.15) is 38.7 Å². The van der Waals surface area contributed by atoms with Crippen molar-refractivity contribution in [3.63, 3.8) is 0 Å². The molecule has 0 amide bonds. The van der Waals surface area contributed by atoms with Crippen LogP contribution in [-0.4, -0.2) is 10.7 Å². The average molecular weight is 214 g/mol. The molecule has 2 rings (SSSR count). The lowest BCUT2D eigenvalue weighted by Crippen LogP contribution is -2.38. The van der Waals surface area contributed by atoms with Gasteiger partial charge in [0, 0.05) is 11.0 Å². The topological polar surface area (TPSA) is 20.2 Å². The third-order valence-corrected chi connectivity index (χ3v) is 3.65. The summed E-state index contributed by atoms with van der Waals surface area (Å²) in [6.45, 7) is 4.19. The molecule has 0 radical (unpaired) electrons. The van der Waals surface area contributed by atoms with Gasteiger partial charge in [0.15, 0.2) is 0 Å². The Bertz CT molecular complexity index is 422. The van der Waals surface area contributed by atoms with Gasteiger partial charge in [-0.2, -0.15) is 0 Å². The Morgan fingerprint density at radius 3 is 2.38 bits per heavy atom. The summed E-state index contributed by atoms with van der Waals surface area (Å²) >= 11 is 0. The molecular weight excluding hydrogens is 196 g/mol. The van der Waals surface area contributed by atoms with Gasteiger partial charge in [-0.3, -0.25) is 0 Å². The molecule has 0 unspecified atom stereocenters. The first-order valence-corrected chi connectivity index (χ1v) is 5.84. The fourth-order valence-corrected chi connectivity index (χ4v) is 2.26. The predicted octanol–water partition coefficient (Wildman–Crippen LogP) is 2.98. The van der Waals surface area contributed by atoms with Crippen molar-refractivity contribution in [1.82, 2.24) is 0 Å². The van der Waals surface area contributed by atoms with Crippen molar-refractivity contribution < 1.29 is 5.11 Å². The Balaban J connectivity index is 2.25. The molecule has 1 N–H and O–H groups in total. The zero-order valence-electron chi connectivity index (χ0n) is 9.96. The molecule has 0 bridgehead atoms. The zero-order chi connectivity index (χ0) is 11.6. The van der Waals surface area contributed by atoms with E-state index in [2.05, 4.69) is 25.7 Å². The van der Waals surface area contributed by atoms with Crippen LogP contribution in [0.15, 0.2) is 30.3 Å². The molecule has 1 aromatic carbocycles. The Labute approximate surface area is 97.5 Å². The van der Waals surface area contributed by atoms with Gasteiger partial charge in [-0.15, -0.1) is 0 Å². The summed E-state index contributed by atoms with van der Waals surface area (Å²) in [4.78, 5) is 0. The zero-order valence-corrected chi connectivity index (χ0v) is 9.96. The van der Waals surface area contributed by atoms with Gasteiger partial charge in [0.1, 0.15) is 5.60 Å². The normalized spacial score (nSPS) is 27.2. The van der Waals surface area contributed by atoms with Crippen LogP contribution in [0.25, 0.3) is 0 Å². The van der Waals surface area contributed by atoms with Crippen molar-refractivity contribution >= 4 is 0 Å². The first-order chi connectivity index (χ1) is 7.54. The maximum absolute atomic E-state index is 10.5. The third-order valence-electron chi connectivity index (χ3n) is 3.65. The monoisotopic (exact) mass is 214 g/mol. The van der Waals surface area contributed by atoms with Gasteiger partial charge in [0.25, 0.3) is 0 Å². The summed E-state index contributed by atoms with van der Waals surface area (Å²) in [7, 11) is 0. The molecule has 1 nitrogen and oxygen atoms in total. The molecule has 1 fully saturated rings. The third kappa shape index (κ3) is 1.99. The molecule has 1 heteroatoms. The summed E-state index contributed by atoms with van der Waals surface area (Å²) in [6, 6.07) is 9.84. The van der Waals surface area contributed by atoms with Gasteiger partial charge in [-0.25, -0.2) is 0 Å². The van der Waals surface area contributed by atoms with E-state index in [9.17, 15) is 5.11 Å². The maximum Gasteiger partial charge on any atom is 0.130 e. The molecule has 1 aliphatic rings. The molecule has 1 saturated carbocycles. The summed E-state index contributed by atoms with van der Waals surface area (Å²) in [5, 5.41) is 10.5. The van der Waals surface area contributed by atoms with Crippen LogP contribution in [-0.2, 0) is 0 Å². The lowest BCUT2D eigenvalue weighted by atomic mass is 9.78. The maximum atomic E-state index is 10.5. The fourth-order valence-electron chi connectivity index (χ4n) is 2.26. The lowest BCUT2D eigenvalue weighted by molar-refractivity contribution is 0.0120. The van der Waals surface area contributed by atoms with Crippen LogP contribution in [0.3, 0.4) is 0 Å². The van der Waals surface area contributed by atoms with Gasteiger partial charge in [0.05, 0.1) is 0 Å².